The molecule has 10 heteroatoms. The number of aliphatic hydroxyl groups excluding tert-OH is 1. The lowest BCUT2D eigenvalue weighted by molar-refractivity contribution is -0.143. The summed E-state index contributed by atoms with van der Waals surface area (Å²) in [4.78, 5) is 25.2. The molecule has 0 aromatic heterocycles. The van der Waals surface area contributed by atoms with Crippen molar-refractivity contribution in [1.82, 2.24) is 5.32 Å². The molecular weight excluding hydrogens is 509 g/mol. The van der Waals surface area contributed by atoms with Gasteiger partial charge < -0.3 is 28.9 Å². The molecule has 1 aliphatic carbocycles. The number of alkyl carbamates (subject to hydrolysis) is 1. The van der Waals surface area contributed by atoms with Gasteiger partial charge in [-0.2, -0.15) is 0 Å². The number of methoxy groups -OCH3 is 1. The van der Waals surface area contributed by atoms with Gasteiger partial charge in [-0.25, -0.2) is 9.59 Å². The maximum absolute atomic E-state index is 12.7. The molecule has 38 heavy (non-hydrogen) atoms. The van der Waals surface area contributed by atoms with Crippen molar-refractivity contribution in [3.05, 3.63) is 95.1 Å². The SMILES string of the molecule is COC(=O)[C@H](Cc1ccc(C(O)P(=O)(OC)OC)cc1)NC(=O)OCC1c2ccccc2-c2ccccc21. The fourth-order valence-electron chi connectivity index (χ4n) is 4.64. The smallest absolute Gasteiger partial charge is 0.407 e. The third-order valence-corrected chi connectivity index (χ3v) is 8.56. The topological polar surface area (TPSA) is 120 Å². The van der Waals surface area contributed by atoms with E-state index >= 15 is 0 Å². The number of amides is 1. The minimum Gasteiger partial charge on any atom is -0.467 e. The first-order valence-electron chi connectivity index (χ1n) is 12.0. The molecule has 0 bridgehead atoms. The highest BCUT2D eigenvalue weighted by Gasteiger charge is 2.34. The highest BCUT2D eigenvalue weighted by molar-refractivity contribution is 7.54. The quantitative estimate of drug-likeness (QED) is 0.279. The molecule has 9 nitrogen and oxygen atoms in total. The fourth-order valence-corrected chi connectivity index (χ4v) is 5.72. The monoisotopic (exact) mass is 539 g/mol. The largest absolute Gasteiger partial charge is 0.467 e. The Morgan fingerprint density at radius 3 is 1.97 bits per heavy atom. The van der Waals surface area contributed by atoms with E-state index in [0.717, 1.165) is 22.3 Å². The number of esters is 1. The van der Waals surface area contributed by atoms with Gasteiger partial charge in [0.1, 0.15) is 12.6 Å². The van der Waals surface area contributed by atoms with Crippen molar-refractivity contribution in [1.29, 1.82) is 0 Å². The summed E-state index contributed by atoms with van der Waals surface area (Å²) < 4.78 is 32.6. The molecule has 1 unspecified atom stereocenters. The van der Waals surface area contributed by atoms with E-state index in [1.165, 1.54) is 21.3 Å². The van der Waals surface area contributed by atoms with Crippen LogP contribution in [0, 0.1) is 0 Å². The standard InChI is InChI=1S/C28H30NO8P/c1-34-26(30)25(16-18-12-14-19(15-13-18)27(31)38(33,35-2)36-3)29-28(32)37-17-24-22-10-6-4-8-20(22)21-9-5-7-11-23(21)24/h4-15,24-25,27,31H,16-17H2,1-3H3,(H,29,32)/t25-,27?/m0/s1. The molecule has 0 saturated heterocycles. The molecule has 0 heterocycles. The second-order valence-corrected chi connectivity index (χ2v) is 11.1. The molecule has 2 N–H and O–H groups in total. The highest BCUT2D eigenvalue weighted by Crippen LogP contribution is 2.58. The van der Waals surface area contributed by atoms with Crippen LogP contribution in [0.3, 0.4) is 0 Å². The lowest BCUT2D eigenvalue weighted by atomic mass is 9.98. The van der Waals surface area contributed by atoms with Crippen LogP contribution in [0.4, 0.5) is 4.79 Å². The van der Waals surface area contributed by atoms with Gasteiger partial charge in [-0.3, -0.25) is 4.57 Å². The van der Waals surface area contributed by atoms with Crippen LogP contribution in [0.25, 0.3) is 11.1 Å². The van der Waals surface area contributed by atoms with Crippen LogP contribution in [0.2, 0.25) is 0 Å². The van der Waals surface area contributed by atoms with Crippen LogP contribution in [0.15, 0.2) is 72.8 Å². The number of rotatable bonds is 10. The number of carbonyl (C=O) groups is 2. The Morgan fingerprint density at radius 1 is 0.895 bits per heavy atom. The van der Waals surface area contributed by atoms with Gasteiger partial charge in [-0.15, -0.1) is 0 Å². The van der Waals surface area contributed by atoms with Crippen LogP contribution in [0.5, 0.6) is 0 Å². The zero-order valence-corrected chi connectivity index (χ0v) is 22.2. The number of hydrogen-bond acceptors (Lipinski definition) is 8. The molecular formula is C28H30NO8P. The predicted molar refractivity (Wildman–Crippen MR) is 141 cm³/mol. The molecule has 200 valence electrons. The molecule has 0 fully saturated rings. The van der Waals surface area contributed by atoms with Crippen LogP contribution < -0.4 is 5.32 Å². The fraction of sp³-hybridized carbons (Fsp3) is 0.286. The maximum atomic E-state index is 12.7. The number of ether oxygens (including phenoxy) is 2. The molecule has 0 radical (unpaired) electrons. The Bertz CT molecular complexity index is 1290. The average molecular weight is 540 g/mol. The van der Waals surface area contributed by atoms with Gasteiger partial charge in [-0.05, 0) is 33.4 Å². The van der Waals surface area contributed by atoms with Gasteiger partial charge in [0.25, 0.3) is 0 Å². The van der Waals surface area contributed by atoms with Crippen LogP contribution in [-0.2, 0) is 34.3 Å². The first-order valence-corrected chi connectivity index (χ1v) is 13.6. The number of carbonyl (C=O) groups excluding carboxylic acids is 2. The second kappa shape index (κ2) is 11.9. The first kappa shape index (κ1) is 27.5. The summed E-state index contributed by atoms with van der Waals surface area (Å²) in [5.74, 6) is -2.22. The first-order chi connectivity index (χ1) is 18.3. The third-order valence-electron chi connectivity index (χ3n) is 6.65. The molecule has 3 aromatic carbocycles. The molecule has 1 aliphatic rings. The van der Waals surface area contributed by atoms with Crippen LogP contribution in [0.1, 0.15) is 34.0 Å². The summed E-state index contributed by atoms with van der Waals surface area (Å²) in [5, 5.41) is 13.0. The van der Waals surface area contributed by atoms with Gasteiger partial charge in [0.15, 0.2) is 5.85 Å². The Balaban J connectivity index is 1.41. The molecule has 4 rings (SSSR count). The summed E-state index contributed by atoms with van der Waals surface area (Å²) in [7, 11) is -0.104. The lowest BCUT2D eigenvalue weighted by Gasteiger charge is -2.21. The van der Waals surface area contributed by atoms with E-state index in [-0.39, 0.29) is 18.9 Å². The number of nitrogens with one attached hydrogen (secondary N) is 1. The van der Waals surface area contributed by atoms with Crippen LogP contribution in [-0.4, -0.2) is 51.1 Å². The Labute approximate surface area is 221 Å². The maximum Gasteiger partial charge on any atom is 0.407 e. The Morgan fingerprint density at radius 2 is 1.45 bits per heavy atom. The van der Waals surface area contributed by atoms with E-state index in [1.807, 2.05) is 36.4 Å². The number of hydrogen-bond donors (Lipinski definition) is 2. The summed E-state index contributed by atoms with van der Waals surface area (Å²) in [6.45, 7) is 0.111. The molecule has 1 amide bonds. The molecule has 0 spiro atoms. The van der Waals surface area contributed by atoms with Gasteiger partial charge in [0, 0.05) is 26.6 Å². The number of benzene rings is 3. The Kier molecular flexibility index (Phi) is 8.64. The van der Waals surface area contributed by atoms with Crippen molar-refractivity contribution in [3.63, 3.8) is 0 Å². The van der Waals surface area contributed by atoms with Crippen LogP contribution >= 0.6 is 7.60 Å². The summed E-state index contributed by atoms with van der Waals surface area (Å²) in [6, 6.07) is 21.4. The molecule has 2 atom stereocenters. The van der Waals surface area contributed by atoms with Gasteiger partial charge in [0.2, 0.25) is 0 Å². The van der Waals surface area contributed by atoms with Crippen molar-refractivity contribution in [2.45, 2.75) is 24.2 Å². The summed E-state index contributed by atoms with van der Waals surface area (Å²) in [6.07, 6.45) is -0.630. The third kappa shape index (κ3) is 5.66. The van der Waals surface area contributed by atoms with Crippen molar-refractivity contribution in [2.24, 2.45) is 0 Å². The van der Waals surface area contributed by atoms with Crippen molar-refractivity contribution >= 4 is 19.7 Å². The molecule has 0 aliphatic heterocycles. The van der Waals surface area contributed by atoms with E-state index < -0.39 is 31.5 Å². The summed E-state index contributed by atoms with van der Waals surface area (Å²) in [5.41, 5.74) is 5.38. The zero-order chi connectivity index (χ0) is 27.3. The number of aliphatic hydroxyl groups is 1. The average Bonchev–Trinajstić information content (AvgIpc) is 3.28. The minimum absolute atomic E-state index is 0.111. The van der Waals surface area contributed by atoms with Crippen molar-refractivity contribution < 1.29 is 37.8 Å². The van der Waals surface area contributed by atoms with Crippen molar-refractivity contribution in [2.75, 3.05) is 27.9 Å². The highest BCUT2D eigenvalue weighted by atomic mass is 31.2. The van der Waals surface area contributed by atoms with E-state index in [2.05, 4.69) is 17.4 Å². The Hall–Kier alpha value is -3.49. The van der Waals surface area contributed by atoms with Gasteiger partial charge >= 0.3 is 19.7 Å². The van der Waals surface area contributed by atoms with E-state index in [0.29, 0.717) is 11.1 Å². The van der Waals surface area contributed by atoms with E-state index in [1.54, 1.807) is 24.3 Å². The van der Waals surface area contributed by atoms with Gasteiger partial charge in [0.05, 0.1) is 7.11 Å². The predicted octanol–water partition coefficient (Wildman–Crippen LogP) is 4.79. The zero-order valence-electron chi connectivity index (χ0n) is 21.3. The minimum atomic E-state index is -3.73. The lowest BCUT2D eigenvalue weighted by Crippen LogP contribution is -2.43. The molecule has 0 saturated carbocycles. The molecule has 3 aromatic rings. The second-order valence-electron chi connectivity index (χ2n) is 8.77. The van der Waals surface area contributed by atoms with E-state index in [4.69, 9.17) is 18.5 Å². The van der Waals surface area contributed by atoms with Gasteiger partial charge in [-0.1, -0.05) is 72.8 Å². The number of fused-ring (bicyclic) bond motifs is 3. The van der Waals surface area contributed by atoms with Crippen molar-refractivity contribution in [3.8, 4) is 11.1 Å². The summed E-state index contributed by atoms with van der Waals surface area (Å²) >= 11 is 0. The van der Waals surface area contributed by atoms with E-state index in [9.17, 15) is 19.3 Å². The normalized spacial score (nSPS) is 14.2.